The van der Waals surface area contributed by atoms with E-state index in [9.17, 15) is 22.8 Å². The summed E-state index contributed by atoms with van der Waals surface area (Å²) in [6, 6.07) is 3.04. The predicted octanol–water partition coefficient (Wildman–Crippen LogP) is 4.54. The number of fused-ring (bicyclic) bond motifs is 1. The van der Waals surface area contributed by atoms with Crippen LogP contribution in [0.1, 0.15) is 16.2 Å². The van der Waals surface area contributed by atoms with E-state index in [0.717, 1.165) is 22.2 Å². The summed E-state index contributed by atoms with van der Waals surface area (Å²) < 4.78 is 45.4. The van der Waals surface area contributed by atoms with Crippen molar-refractivity contribution in [3.05, 3.63) is 57.6 Å². The first-order valence-electron chi connectivity index (χ1n) is 9.22. The summed E-state index contributed by atoms with van der Waals surface area (Å²) in [5.74, 6) is -0.804. The lowest BCUT2D eigenvalue weighted by Gasteiger charge is -2.23. The molecule has 0 saturated carbocycles. The van der Waals surface area contributed by atoms with Crippen molar-refractivity contribution in [2.45, 2.75) is 38.3 Å². The molecule has 0 radical (unpaired) electrons. The fourth-order valence-corrected chi connectivity index (χ4v) is 4.95. The molecule has 0 saturated heterocycles. The molecule has 0 unspecified atom stereocenters. The minimum absolute atomic E-state index is 0.172. The number of allylic oxidation sites excluding steroid dienone is 1. The number of hydrogen-bond acceptors (Lipinski definition) is 6. The first kappa shape index (κ1) is 23.1. The summed E-state index contributed by atoms with van der Waals surface area (Å²) in [6.07, 6.45) is -1.69. The van der Waals surface area contributed by atoms with Crippen molar-refractivity contribution in [2.24, 2.45) is 0 Å². The van der Waals surface area contributed by atoms with Crippen LogP contribution in [-0.4, -0.2) is 38.8 Å². The van der Waals surface area contributed by atoms with Crippen molar-refractivity contribution in [1.82, 2.24) is 14.5 Å². The maximum absolute atomic E-state index is 13.0. The first-order chi connectivity index (χ1) is 14.6. The maximum atomic E-state index is 13.0. The van der Waals surface area contributed by atoms with E-state index in [0.29, 0.717) is 15.1 Å². The monoisotopic (exact) mass is 471 g/mol. The van der Waals surface area contributed by atoms with E-state index < -0.39 is 18.6 Å². The molecule has 166 valence electrons. The van der Waals surface area contributed by atoms with Crippen molar-refractivity contribution >= 4 is 39.2 Å². The van der Waals surface area contributed by atoms with Gasteiger partial charge in [0.2, 0.25) is 5.91 Å². The van der Waals surface area contributed by atoms with E-state index in [1.807, 2.05) is 13.8 Å². The van der Waals surface area contributed by atoms with Gasteiger partial charge < -0.3 is 9.32 Å². The van der Waals surface area contributed by atoms with Crippen molar-refractivity contribution in [3.63, 3.8) is 0 Å². The third kappa shape index (κ3) is 5.40. The highest BCUT2D eigenvalue weighted by atomic mass is 32.2. The molecule has 0 spiro atoms. The lowest BCUT2D eigenvalue weighted by atomic mass is 10.2. The maximum Gasteiger partial charge on any atom is 0.406 e. The highest BCUT2D eigenvalue weighted by molar-refractivity contribution is 7.99. The zero-order chi connectivity index (χ0) is 22.8. The Bertz CT molecular complexity index is 1150. The van der Waals surface area contributed by atoms with E-state index >= 15 is 0 Å². The van der Waals surface area contributed by atoms with Crippen LogP contribution in [0.2, 0.25) is 0 Å². The smallest absolute Gasteiger partial charge is 0.406 e. The summed E-state index contributed by atoms with van der Waals surface area (Å²) in [4.78, 5) is 32.3. The number of halogens is 3. The Morgan fingerprint density at radius 3 is 2.77 bits per heavy atom. The SMILES string of the molecule is C=CCn1c(SCC(=O)N(Cc2ccco2)CC(F)(F)F)nc2sc(C)c(C)c2c1=O. The van der Waals surface area contributed by atoms with Gasteiger partial charge in [-0.05, 0) is 31.5 Å². The molecule has 0 fully saturated rings. The molecular weight excluding hydrogens is 451 g/mol. The molecule has 0 bridgehead atoms. The van der Waals surface area contributed by atoms with Crippen LogP contribution >= 0.6 is 23.1 Å². The average Bonchev–Trinajstić information content (AvgIpc) is 3.29. The van der Waals surface area contributed by atoms with Crippen LogP contribution in [0.5, 0.6) is 0 Å². The van der Waals surface area contributed by atoms with Gasteiger partial charge in [0.15, 0.2) is 5.16 Å². The number of aryl methyl sites for hydroxylation is 2. The van der Waals surface area contributed by atoms with E-state index in [2.05, 4.69) is 11.6 Å². The van der Waals surface area contributed by atoms with E-state index in [1.165, 1.54) is 34.3 Å². The fraction of sp³-hybridized carbons (Fsp3) is 0.350. The molecule has 3 aromatic rings. The van der Waals surface area contributed by atoms with Crippen LogP contribution in [0, 0.1) is 13.8 Å². The summed E-state index contributed by atoms with van der Waals surface area (Å²) in [7, 11) is 0. The third-order valence-electron chi connectivity index (χ3n) is 4.54. The zero-order valence-corrected chi connectivity index (χ0v) is 18.5. The van der Waals surface area contributed by atoms with Crippen LogP contribution in [0.3, 0.4) is 0 Å². The van der Waals surface area contributed by atoms with Crippen LogP contribution in [0.4, 0.5) is 13.2 Å². The Balaban J connectivity index is 1.86. The van der Waals surface area contributed by atoms with Crippen molar-refractivity contribution in [2.75, 3.05) is 12.3 Å². The molecule has 3 rings (SSSR count). The van der Waals surface area contributed by atoms with Gasteiger partial charge in [-0.25, -0.2) is 4.98 Å². The summed E-state index contributed by atoms with van der Waals surface area (Å²) in [5, 5.41) is 0.772. The Morgan fingerprint density at radius 1 is 1.42 bits per heavy atom. The number of alkyl halides is 3. The fourth-order valence-electron chi connectivity index (χ4n) is 2.97. The van der Waals surface area contributed by atoms with E-state index in [4.69, 9.17) is 4.42 Å². The molecule has 6 nitrogen and oxygen atoms in total. The van der Waals surface area contributed by atoms with Crippen LogP contribution < -0.4 is 5.56 Å². The molecule has 3 aromatic heterocycles. The molecule has 0 aromatic carbocycles. The standard InChI is InChI=1S/C20H20F3N3O3S2/c1-4-7-26-18(28)16-12(2)13(3)31-17(16)24-19(26)30-10-15(27)25(11-20(21,22)23)9-14-6-5-8-29-14/h4-6,8H,1,7,9-11H2,2-3H3. The molecular formula is C20H20F3N3O3S2. The highest BCUT2D eigenvalue weighted by Gasteiger charge is 2.33. The van der Waals surface area contributed by atoms with E-state index in [1.54, 1.807) is 6.07 Å². The Labute approximate surface area is 184 Å². The predicted molar refractivity (Wildman–Crippen MR) is 114 cm³/mol. The number of nitrogens with zero attached hydrogens (tertiary/aromatic N) is 3. The van der Waals surface area contributed by atoms with Gasteiger partial charge in [0.25, 0.3) is 5.56 Å². The van der Waals surface area contributed by atoms with Gasteiger partial charge in [-0.3, -0.25) is 14.2 Å². The highest BCUT2D eigenvalue weighted by Crippen LogP contribution is 2.29. The minimum atomic E-state index is -4.55. The average molecular weight is 472 g/mol. The van der Waals surface area contributed by atoms with Gasteiger partial charge >= 0.3 is 6.18 Å². The first-order valence-corrected chi connectivity index (χ1v) is 11.0. The number of carbonyl (C=O) groups is 1. The quantitative estimate of drug-likeness (QED) is 0.274. The number of aromatic nitrogens is 2. The van der Waals surface area contributed by atoms with E-state index in [-0.39, 0.29) is 35.3 Å². The molecule has 0 N–H and O–H groups in total. The molecule has 31 heavy (non-hydrogen) atoms. The largest absolute Gasteiger partial charge is 0.467 e. The molecule has 0 aliphatic carbocycles. The Kier molecular flexibility index (Phi) is 6.95. The van der Waals surface area contributed by atoms with Gasteiger partial charge in [0, 0.05) is 11.4 Å². The number of furan rings is 1. The Morgan fingerprint density at radius 2 is 2.16 bits per heavy atom. The van der Waals surface area contributed by atoms with Crippen LogP contribution in [-0.2, 0) is 17.9 Å². The molecule has 1 amide bonds. The van der Waals surface area contributed by atoms with Crippen molar-refractivity contribution in [1.29, 1.82) is 0 Å². The Hall–Kier alpha value is -2.53. The second kappa shape index (κ2) is 9.31. The normalized spacial score (nSPS) is 11.8. The summed E-state index contributed by atoms with van der Waals surface area (Å²) in [6.45, 7) is 5.84. The molecule has 3 heterocycles. The van der Waals surface area contributed by atoms with Gasteiger partial charge in [0.1, 0.15) is 17.1 Å². The third-order valence-corrected chi connectivity index (χ3v) is 6.60. The van der Waals surface area contributed by atoms with Gasteiger partial charge in [-0.2, -0.15) is 13.2 Å². The number of hydrogen-bond donors (Lipinski definition) is 0. The van der Waals surface area contributed by atoms with Gasteiger partial charge in [-0.1, -0.05) is 17.8 Å². The zero-order valence-electron chi connectivity index (χ0n) is 16.9. The lowest BCUT2D eigenvalue weighted by Crippen LogP contribution is -2.39. The molecule has 0 aliphatic heterocycles. The second-order valence-corrected chi connectivity index (χ2v) is 8.94. The lowest BCUT2D eigenvalue weighted by molar-refractivity contribution is -0.161. The number of amides is 1. The van der Waals surface area contributed by atoms with Gasteiger partial charge in [0.05, 0.1) is 23.9 Å². The molecule has 0 aliphatic rings. The topological polar surface area (TPSA) is 68.3 Å². The number of carbonyl (C=O) groups excluding carboxylic acids is 1. The number of thioether (sulfide) groups is 1. The van der Waals surface area contributed by atoms with Crippen LogP contribution in [0.15, 0.2) is 45.4 Å². The number of rotatable bonds is 8. The van der Waals surface area contributed by atoms with Crippen molar-refractivity contribution < 1.29 is 22.4 Å². The minimum Gasteiger partial charge on any atom is -0.467 e. The molecule has 0 atom stereocenters. The summed E-state index contributed by atoms with van der Waals surface area (Å²) in [5.41, 5.74) is 0.585. The summed E-state index contributed by atoms with van der Waals surface area (Å²) >= 11 is 2.29. The molecule has 11 heteroatoms. The number of thiophene rings is 1. The van der Waals surface area contributed by atoms with Crippen LogP contribution in [0.25, 0.3) is 10.2 Å². The second-order valence-electron chi connectivity index (χ2n) is 6.80. The van der Waals surface area contributed by atoms with Gasteiger partial charge in [-0.15, -0.1) is 17.9 Å². The van der Waals surface area contributed by atoms with Crippen molar-refractivity contribution in [3.8, 4) is 0 Å².